The molecule has 28 heavy (non-hydrogen) atoms. The fourth-order valence-electron chi connectivity index (χ4n) is 3.66. The van der Waals surface area contributed by atoms with Crippen LogP contribution in [0.2, 0.25) is 0 Å². The van der Waals surface area contributed by atoms with Gasteiger partial charge in [0.15, 0.2) is 5.69 Å². The molecule has 4 rings (SSSR count). The van der Waals surface area contributed by atoms with E-state index < -0.39 is 0 Å². The summed E-state index contributed by atoms with van der Waals surface area (Å²) in [6, 6.07) is 14.7. The number of carbonyl (C=O) groups is 1. The molecule has 1 aliphatic heterocycles. The number of anilines is 1. The lowest BCUT2D eigenvalue weighted by atomic mass is 10.1. The molecule has 0 N–H and O–H groups in total. The first-order valence-corrected chi connectivity index (χ1v) is 9.61. The van der Waals surface area contributed by atoms with Gasteiger partial charge in [-0.25, -0.2) is 4.68 Å². The van der Waals surface area contributed by atoms with Crippen LogP contribution >= 0.6 is 0 Å². The van der Waals surface area contributed by atoms with Crippen LogP contribution in [0.15, 0.2) is 48.7 Å². The second-order valence-electron chi connectivity index (χ2n) is 7.51. The number of carbonyl (C=O) groups excluding carboxylic acids is 1. The van der Waals surface area contributed by atoms with Crippen LogP contribution in [0.5, 0.6) is 0 Å². The smallest absolute Gasteiger partial charge is 0.276 e. The van der Waals surface area contributed by atoms with E-state index in [1.807, 2.05) is 30.9 Å². The molecule has 0 aliphatic carbocycles. The fourth-order valence-corrected chi connectivity index (χ4v) is 3.66. The Hall–Kier alpha value is -3.15. The Labute approximate surface area is 165 Å². The summed E-state index contributed by atoms with van der Waals surface area (Å²) in [7, 11) is 0. The molecule has 1 amide bonds. The van der Waals surface area contributed by atoms with Crippen molar-refractivity contribution in [3.05, 3.63) is 71.0 Å². The molecule has 6 nitrogen and oxygen atoms in total. The number of nitrogens with zero attached hydrogens (tertiary/aromatic N) is 5. The van der Waals surface area contributed by atoms with Gasteiger partial charge in [-0.3, -0.25) is 4.79 Å². The number of piperazine rings is 1. The number of hydrogen-bond acceptors (Lipinski definition) is 4. The average Bonchev–Trinajstić information content (AvgIpc) is 3.18. The summed E-state index contributed by atoms with van der Waals surface area (Å²) < 4.78 is 1.68. The molecule has 0 bridgehead atoms. The van der Waals surface area contributed by atoms with Crippen LogP contribution in [0, 0.1) is 20.8 Å². The van der Waals surface area contributed by atoms with Crippen molar-refractivity contribution >= 4 is 11.6 Å². The highest BCUT2D eigenvalue weighted by molar-refractivity contribution is 5.92. The van der Waals surface area contributed by atoms with E-state index in [1.54, 1.807) is 10.9 Å². The number of hydrogen-bond donors (Lipinski definition) is 0. The molecule has 0 radical (unpaired) electrons. The summed E-state index contributed by atoms with van der Waals surface area (Å²) in [6.07, 6.45) is 1.73. The van der Waals surface area contributed by atoms with Crippen molar-refractivity contribution in [3.63, 3.8) is 0 Å². The SMILES string of the molecule is Cc1ccc(N2CCN(C(=O)c3cn(-c4cc(C)cc(C)c4)nn3)CC2)cc1. The number of aryl methyl sites for hydroxylation is 3. The van der Waals surface area contributed by atoms with Crippen LogP contribution in [-0.2, 0) is 0 Å². The van der Waals surface area contributed by atoms with Gasteiger partial charge < -0.3 is 9.80 Å². The van der Waals surface area contributed by atoms with Gasteiger partial charge in [-0.2, -0.15) is 0 Å². The van der Waals surface area contributed by atoms with Crippen LogP contribution < -0.4 is 4.90 Å². The molecular formula is C22H25N5O. The molecule has 1 saturated heterocycles. The van der Waals surface area contributed by atoms with Gasteiger partial charge in [-0.05, 0) is 56.2 Å². The zero-order valence-electron chi connectivity index (χ0n) is 16.6. The van der Waals surface area contributed by atoms with Crippen molar-refractivity contribution < 1.29 is 4.79 Å². The standard InChI is InChI=1S/C22H25N5O/c1-16-4-6-19(7-5-16)25-8-10-26(11-9-25)22(28)21-15-27(24-23-21)20-13-17(2)12-18(3)14-20/h4-7,12-15H,8-11H2,1-3H3. The van der Waals surface area contributed by atoms with Crippen molar-refractivity contribution in [2.24, 2.45) is 0 Å². The summed E-state index contributed by atoms with van der Waals surface area (Å²) in [5, 5.41) is 8.29. The Morgan fingerprint density at radius 1 is 0.821 bits per heavy atom. The molecule has 1 fully saturated rings. The quantitative estimate of drug-likeness (QED) is 0.706. The third kappa shape index (κ3) is 3.76. The van der Waals surface area contributed by atoms with Gasteiger partial charge in [0.25, 0.3) is 5.91 Å². The highest BCUT2D eigenvalue weighted by Gasteiger charge is 2.24. The fraction of sp³-hybridized carbons (Fsp3) is 0.318. The minimum atomic E-state index is -0.0563. The van der Waals surface area contributed by atoms with Crippen molar-refractivity contribution in [1.29, 1.82) is 0 Å². The van der Waals surface area contributed by atoms with Crippen molar-refractivity contribution in [1.82, 2.24) is 19.9 Å². The first kappa shape index (κ1) is 18.2. The molecule has 0 atom stereocenters. The minimum absolute atomic E-state index is 0.0563. The van der Waals surface area contributed by atoms with Gasteiger partial charge in [-0.1, -0.05) is 29.0 Å². The van der Waals surface area contributed by atoms with Gasteiger partial charge in [0.1, 0.15) is 0 Å². The molecule has 0 unspecified atom stereocenters. The topological polar surface area (TPSA) is 54.3 Å². The normalized spacial score (nSPS) is 14.4. The maximum absolute atomic E-state index is 12.9. The summed E-state index contributed by atoms with van der Waals surface area (Å²) in [5.74, 6) is -0.0563. The summed E-state index contributed by atoms with van der Waals surface area (Å²) in [5.41, 5.74) is 6.09. The van der Waals surface area contributed by atoms with E-state index in [0.29, 0.717) is 18.8 Å². The van der Waals surface area contributed by atoms with E-state index in [-0.39, 0.29) is 5.91 Å². The predicted octanol–water partition coefficient (Wildman–Crippen LogP) is 3.15. The Kier molecular flexibility index (Phi) is 4.86. The van der Waals surface area contributed by atoms with E-state index in [2.05, 4.69) is 52.5 Å². The largest absolute Gasteiger partial charge is 0.368 e. The molecule has 6 heteroatoms. The van der Waals surface area contributed by atoms with E-state index in [0.717, 1.165) is 29.9 Å². The second kappa shape index (κ2) is 7.46. The van der Waals surface area contributed by atoms with Crippen LogP contribution in [0.3, 0.4) is 0 Å². The van der Waals surface area contributed by atoms with Crippen LogP contribution in [0.4, 0.5) is 5.69 Å². The molecular weight excluding hydrogens is 350 g/mol. The molecule has 144 valence electrons. The summed E-state index contributed by atoms with van der Waals surface area (Å²) >= 11 is 0. The lowest BCUT2D eigenvalue weighted by Crippen LogP contribution is -2.48. The number of rotatable bonds is 3. The van der Waals surface area contributed by atoms with Crippen LogP contribution in [-0.4, -0.2) is 52.0 Å². The molecule has 0 saturated carbocycles. The van der Waals surface area contributed by atoms with E-state index in [9.17, 15) is 4.79 Å². The maximum Gasteiger partial charge on any atom is 0.276 e. The second-order valence-corrected chi connectivity index (χ2v) is 7.51. The molecule has 0 spiro atoms. The molecule has 1 aromatic heterocycles. The zero-order valence-corrected chi connectivity index (χ0v) is 16.6. The van der Waals surface area contributed by atoms with E-state index >= 15 is 0 Å². The highest BCUT2D eigenvalue weighted by atomic mass is 16.2. The third-order valence-corrected chi connectivity index (χ3v) is 5.15. The first-order chi connectivity index (χ1) is 13.5. The molecule has 3 aromatic rings. The number of benzene rings is 2. The van der Waals surface area contributed by atoms with Crippen LogP contribution in [0.1, 0.15) is 27.2 Å². The van der Waals surface area contributed by atoms with Crippen molar-refractivity contribution in [2.75, 3.05) is 31.1 Å². The summed E-state index contributed by atoms with van der Waals surface area (Å²) in [4.78, 5) is 17.0. The monoisotopic (exact) mass is 375 g/mol. The highest BCUT2D eigenvalue weighted by Crippen LogP contribution is 2.18. The van der Waals surface area contributed by atoms with E-state index in [1.165, 1.54) is 11.3 Å². The lowest BCUT2D eigenvalue weighted by Gasteiger charge is -2.35. The molecule has 2 aromatic carbocycles. The molecule has 2 heterocycles. The lowest BCUT2D eigenvalue weighted by molar-refractivity contribution is 0.0741. The maximum atomic E-state index is 12.9. The Balaban J connectivity index is 1.43. The minimum Gasteiger partial charge on any atom is -0.368 e. The Morgan fingerprint density at radius 2 is 1.46 bits per heavy atom. The Bertz CT molecular complexity index is 964. The first-order valence-electron chi connectivity index (χ1n) is 9.61. The predicted molar refractivity (Wildman–Crippen MR) is 110 cm³/mol. The summed E-state index contributed by atoms with van der Waals surface area (Å²) in [6.45, 7) is 9.19. The van der Waals surface area contributed by atoms with Gasteiger partial charge >= 0.3 is 0 Å². The number of amides is 1. The van der Waals surface area contributed by atoms with Gasteiger partial charge in [0, 0.05) is 31.9 Å². The van der Waals surface area contributed by atoms with Crippen molar-refractivity contribution in [3.8, 4) is 5.69 Å². The van der Waals surface area contributed by atoms with E-state index in [4.69, 9.17) is 0 Å². The van der Waals surface area contributed by atoms with Crippen LogP contribution in [0.25, 0.3) is 5.69 Å². The third-order valence-electron chi connectivity index (χ3n) is 5.15. The Morgan fingerprint density at radius 3 is 2.11 bits per heavy atom. The van der Waals surface area contributed by atoms with Gasteiger partial charge in [0.05, 0.1) is 11.9 Å². The molecule has 1 aliphatic rings. The van der Waals surface area contributed by atoms with Crippen molar-refractivity contribution in [2.45, 2.75) is 20.8 Å². The van der Waals surface area contributed by atoms with Gasteiger partial charge in [-0.15, -0.1) is 5.10 Å². The zero-order chi connectivity index (χ0) is 19.7. The number of aromatic nitrogens is 3. The van der Waals surface area contributed by atoms with Gasteiger partial charge in [0.2, 0.25) is 0 Å². The average molecular weight is 375 g/mol.